The van der Waals surface area contributed by atoms with Crippen LogP contribution in [0, 0.1) is 11.8 Å². The molecule has 1 aliphatic carbocycles. The molecule has 1 saturated heterocycles. The van der Waals surface area contributed by atoms with Crippen LogP contribution in [-0.2, 0) is 6.42 Å². The molecule has 1 aliphatic heterocycles. The highest BCUT2D eigenvalue weighted by Crippen LogP contribution is 2.47. The molecule has 1 heterocycles. The van der Waals surface area contributed by atoms with Crippen molar-refractivity contribution in [1.82, 2.24) is 4.90 Å². The highest BCUT2D eigenvalue weighted by molar-refractivity contribution is 7.99. The summed E-state index contributed by atoms with van der Waals surface area (Å²) in [5, 5.41) is 9.34. The van der Waals surface area contributed by atoms with Crippen molar-refractivity contribution in [3.05, 3.63) is 60.2 Å². The van der Waals surface area contributed by atoms with Gasteiger partial charge < -0.3 is 5.11 Å². The van der Waals surface area contributed by atoms with E-state index in [2.05, 4.69) is 4.90 Å². The summed E-state index contributed by atoms with van der Waals surface area (Å²) in [7, 11) is 0. The first kappa shape index (κ1) is 16.9. The molecule has 2 aromatic carbocycles. The zero-order valence-corrected chi connectivity index (χ0v) is 15.1. The van der Waals surface area contributed by atoms with E-state index in [0.29, 0.717) is 36.8 Å². The summed E-state index contributed by atoms with van der Waals surface area (Å²) in [6, 6.07) is 17.4. The van der Waals surface area contributed by atoms with Gasteiger partial charge in [-0.3, -0.25) is 4.90 Å². The van der Waals surface area contributed by atoms with Crippen molar-refractivity contribution < 1.29 is 9.50 Å². The minimum Gasteiger partial charge on any atom is -0.508 e. The first-order valence-corrected chi connectivity index (χ1v) is 9.95. The molecule has 2 aromatic rings. The molecule has 2 aliphatic rings. The number of benzene rings is 2. The number of nitrogens with zero attached hydrogens (tertiary/aromatic N) is 1. The van der Waals surface area contributed by atoms with Gasteiger partial charge in [-0.1, -0.05) is 30.3 Å². The third kappa shape index (κ3) is 4.01. The summed E-state index contributed by atoms with van der Waals surface area (Å²) in [5.41, 5.74) is 0.0945. The highest BCUT2D eigenvalue weighted by Gasteiger charge is 2.49. The lowest BCUT2D eigenvalue weighted by Crippen LogP contribution is -2.28. The molecule has 0 aromatic heterocycles. The van der Waals surface area contributed by atoms with Crippen molar-refractivity contribution in [3.63, 3.8) is 0 Å². The summed E-state index contributed by atoms with van der Waals surface area (Å²) >= 11 is 1.79. The first-order valence-electron chi connectivity index (χ1n) is 8.97. The van der Waals surface area contributed by atoms with Gasteiger partial charge in [-0.15, -0.1) is 11.8 Å². The number of halogens is 1. The predicted octanol–water partition coefficient (Wildman–Crippen LogP) is 4.73. The third-order valence-corrected chi connectivity index (χ3v) is 6.62. The number of phenolic OH excluding ortho intramolecular Hbond substituents is 1. The molecule has 1 N–H and O–H groups in total. The molecule has 0 radical (unpaired) electrons. The maximum absolute atomic E-state index is 15.3. The molecule has 3 atom stereocenters. The van der Waals surface area contributed by atoms with Gasteiger partial charge in [-0.25, -0.2) is 4.39 Å². The normalized spacial score (nSPS) is 29.0. The SMILES string of the molecule is Oc1ccc(SCN2C[C@@H]3C[C@@](F)(Cc4ccccc4)C[C@@H]3C2)cc1. The van der Waals surface area contributed by atoms with Crippen LogP contribution in [0.15, 0.2) is 59.5 Å². The zero-order valence-electron chi connectivity index (χ0n) is 14.3. The number of phenols is 1. The fourth-order valence-electron chi connectivity index (χ4n) is 4.44. The van der Waals surface area contributed by atoms with Crippen molar-refractivity contribution in [2.24, 2.45) is 11.8 Å². The molecular weight excluding hydrogens is 333 g/mol. The van der Waals surface area contributed by atoms with E-state index in [1.54, 1.807) is 23.9 Å². The molecule has 132 valence electrons. The second-order valence-corrected chi connectivity index (χ2v) is 8.56. The van der Waals surface area contributed by atoms with E-state index >= 15 is 4.39 Å². The Morgan fingerprint density at radius 1 is 1.00 bits per heavy atom. The van der Waals surface area contributed by atoms with E-state index < -0.39 is 5.67 Å². The fourth-order valence-corrected chi connectivity index (χ4v) is 5.31. The minimum atomic E-state index is -1.02. The number of aromatic hydroxyl groups is 1. The predicted molar refractivity (Wildman–Crippen MR) is 101 cm³/mol. The standard InChI is InChI=1S/C21H24FNOS/c22-21(10-16-4-2-1-3-5-16)11-17-13-23(14-18(17)12-21)15-25-20-8-6-19(24)7-9-20/h1-9,17-18,24H,10-15H2/t17-,18+,21-. The maximum Gasteiger partial charge on any atom is 0.115 e. The smallest absolute Gasteiger partial charge is 0.115 e. The largest absolute Gasteiger partial charge is 0.508 e. The van der Waals surface area contributed by atoms with Gasteiger partial charge in [0, 0.05) is 30.3 Å². The summed E-state index contributed by atoms with van der Waals surface area (Å²) in [6.07, 6.45) is 1.96. The molecule has 2 fully saturated rings. The van der Waals surface area contributed by atoms with Gasteiger partial charge in [0.05, 0.1) is 0 Å². The first-order chi connectivity index (χ1) is 12.1. The van der Waals surface area contributed by atoms with E-state index in [1.165, 1.54) is 4.90 Å². The highest BCUT2D eigenvalue weighted by atomic mass is 32.2. The molecule has 4 rings (SSSR count). The number of hydrogen-bond donors (Lipinski definition) is 1. The van der Waals surface area contributed by atoms with E-state index in [1.807, 2.05) is 42.5 Å². The third-order valence-electron chi connectivity index (χ3n) is 5.52. The Morgan fingerprint density at radius 2 is 1.64 bits per heavy atom. The van der Waals surface area contributed by atoms with Gasteiger partial charge in [-0.05, 0) is 54.5 Å². The Hall–Kier alpha value is -1.52. The Bertz CT molecular complexity index is 692. The fraction of sp³-hybridized carbons (Fsp3) is 0.429. The lowest BCUT2D eigenvalue weighted by atomic mass is 9.93. The van der Waals surface area contributed by atoms with Gasteiger partial charge in [0.1, 0.15) is 11.4 Å². The molecule has 0 unspecified atom stereocenters. The molecule has 2 nitrogen and oxygen atoms in total. The van der Waals surface area contributed by atoms with Crippen LogP contribution in [0.4, 0.5) is 4.39 Å². The van der Waals surface area contributed by atoms with Crippen LogP contribution >= 0.6 is 11.8 Å². The number of hydrogen-bond acceptors (Lipinski definition) is 3. The quantitative estimate of drug-likeness (QED) is 0.782. The molecule has 0 amide bonds. The maximum atomic E-state index is 15.3. The van der Waals surface area contributed by atoms with Crippen molar-refractivity contribution in [1.29, 1.82) is 0 Å². The van der Waals surface area contributed by atoms with E-state index in [-0.39, 0.29) is 0 Å². The minimum absolute atomic E-state index is 0.303. The molecule has 0 spiro atoms. The number of alkyl halides is 1. The van der Waals surface area contributed by atoms with E-state index in [0.717, 1.165) is 24.5 Å². The van der Waals surface area contributed by atoms with Crippen LogP contribution in [0.5, 0.6) is 5.75 Å². The molecular formula is C21H24FNOS. The van der Waals surface area contributed by atoms with Crippen molar-refractivity contribution in [3.8, 4) is 5.75 Å². The van der Waals surface area contributed by atoms with E-state index in [9.17, 15) is 5.11 Å². The van der Waals surface area contributed by atoms with Crippen molar-refractivity contribution >= 4 is 11.8 Å². The summed E-state index contributed by atoms with van der Waals surface area (Å²) < 4.78 is 15.3. The summed E-state index contributed by atoms with van der Waals surface area (Å²) in [4.78, 5) is 3.62. The van der Waals surface area contributed by atoms with Crippen LogP contribution in [0.2, 0.25) is 0 Å². The van der Waals surface area contributed by atoms with Crippen LogP contribution in [-0.4, -0.2) is 34.6 Å². The van der Waals surface area contributed by atoms with Gasteiger partial charge in [0.25, 0.3) is 0 Å². The van der Waals surface area contributed by atoms with Gasteiger partial charge in [-0.2, -0.15) is 0 Å². The average molecular weight is 357 g/mol. The summed E-state index contributed by atoms with van der Waals surface area (Å²) in [6.45, 7) is 2.02. The number of rotatable bonds is 5. The average Bonchev–Trinajstić information content (AvgIpc) is 3.09. The van der Waals surface area contributed by atoms with Crippen molar-refractivity contribution in [2.45, 2.75) is 29.8 Å². The Kier molecular flexibility index (Phi) is 4.74. The van der Waals surface area contributed by atoms with Crippen LogP contribution < -0.4 is 0 Å². The molecule has 0 bridgehead atoms. The number of thioether (sulfide) groups is 1. The molecule has 4 heteroatoms. The Balaban J connectivity index is 1.29. The second kappa shape index (κ2) is 7.00. The van der Waals surface area contributed by atoms with Crippen LogP contribution in [0.1, 0.15) is 18.4 Å². The zero-order chi connectivity index (χ0) is 17.3. The number of fused-ring (bicyclic) bond motifs is 1. The lowest BCUT2D eigenvalue weighted by molar-refractivity contribution is 0.150. The monoisotopic (exact) mass is 357 g/mol. The topological polar surface area (TPSA) is 23.5 Å². The van der Waals surface area contributed by atoms with Crippen LogP contribution in [0.3, 0.4) is 0 Å². The van der Waals surface area contributed by atoms with E-state index in [4.69, 9.17) is 0 Å². The molecule has 1 saturated carbocycles. The Labute approximate surface area is 153 Å². The Morgan fingerprint density at radius 3 is 2.28 bits per heavy atom. The number of likely N-dealkylation sites (tertiary alicyclic amines) is 1. The summed E-state index contributed by atoms with van der Waals surface area (Å²) in [5.74, 6) is 2.23. The lowest BCUT2D eigenvalue weighted by Gasteiger charge is -2.23. The van der Waals surface area contributed by atoms with Gasteiger partial charge in [0.15, 0.2) is 0 Å². The van der Waals surface area contributed by atoms with Gasteiger partial charge >= 0.3 is 0 Å². The van der Waals surface area contributed by atoms with Crippen molar-refractivity contribution in [2.75, 3.05) is 19.0 Å². The molecule has 25 heavy (non-hydrogen) atoms. The van der Waals surface area contributed by atoms with Gasteiger partial charge in [0.2, 0.25) is 0 Å². The second-order valence-electron chi connectivity index (χ2n) is 7.54. The van der Waals surface area contributed by atoms with Crippen LogP contribution in [0.25, 0.3) is 0 Å².